The van der Waals surface area contributed by atoms with E-state index < -0.39 is 0 Å². The maximum Gasteiger partial charge on any atom is 0.0733 e. The van der Waals surface area contributed by atoms with E-state index >= 15 is 0 Å². The SMILES string of the molecule is CN1CCc2cc(CNC3CC4CCC3O4)ccc21. The van der Waals surface area contributed by atoms with Crippen molar-refractivity contribution in [3.63, 3.8) is 0 Å². The number of nitrogens with one attached hydrogen (secondary N) is 1. The molecule has 102 valence electrons. The third kappa shape index (κ3) is 2.05. The van der Waals surface area contributed by atoms with Gasteiger partial charge in [-0.05, 0) is 42.9 Å². The molecule has 0 amide bonds. The molecule has 3 heterocycles. The molecule has 3 heteroatoms. The highest BCUT2D eigenvalue weighted by Crippen LogP contribution is 2.34. The maximum atomic E-state index is 5.89. The topological polar surface area (TPSA) is 24.5 Å². The Labute approximate surface area is 114 Å². The molecule has 1 aromatic carbocycles. The summed E-state index contributed by atoms with van der Waals surface area (Å²) in [6, 6.07) is 7.49. The molecular formula is C16H22N2O. The molecular weight excluding hydrogens is 236 g/mol. The molecule has 3 nitrogen and oxygen atoms in total. The van der Waals surface area contributed by atoms with Gasteiger partial charge >= 0.3 is 0 Å². The lowest BCUT2D eigenvalue weighted by atomic mass is 9.95. The molecule has 1 aromatic rings. The van der Waals surface area contributed by atoms with Crippen molar-refractivity contribution in [3.8, 4) is 0 Å². The Balaban J connectivity index is 1.41. The maximum absolute atomic E-state index is 5.89. The minimum Gasteiger partial charge on any atom is -0.374 e. The molecule has 0 aromatic heterocycles. The molecule has 3 atom stereocenters. The van der Waals surface area contributed by atoms with E-state index in [1.54, 1.807) is 0 Å². The van der Waals surface area contributed by atoms with Crippen molar-refractivity contribution in [3.05, 3.63) is 29.3 Å². The quantitative estimate of drug-likeness (QED) is 0.898. The van der Waals surface area contributed by atoms with Gasteiger partial charge in [0.2, 0.25) is 0 Å². The summed E-state index contributed by atoms with van der Waals surface area (Å²) in [5.74, 6) is 0. The van der Waals surface area contributed by atoms with Crippen LogP contribution in [-0.2, 0) is 17.7 Å². The number of ether oxygens (including phenoxy) is 1. The van der Waals surface area contributed by atoms with Crippen molar-refractivity contribution in [2.45, 2.75) is 50.5 Å². The van der Waals surface area contributed by atoms with Crippen LogP contribution in [0.3, 0.4) is 0 Å². The third-order valence-electron chi connectivity index (χ3n) is 4.95. The molecule has 2 saturated heterocycles. The third-order valence-corrected chi connectivity index (χ3v) is 4.95. The van der Waals surface area contributed by atoms with Gasteiger partial charge in [-0.3, -0.25) is 0 Å². The molecule has 0 spiro atoms. The van der Waals surface area contributed by atoms with Gasteiger partial charge in [-0.15, -0.1) is 0 Å². The Morgan fingerprint density at radius 1 is 1.37 bits per heavy atom. The van der Waals surface area contributed by atoms with Crippen LogP contribution >= 0.6 is 0 Å². The summed E-state index contributed by atoms with van der Waals surface area (Å²) >= 11 is 0. The second-order valence-corrected chi connectivity index (χ2v) is 6.23. The van der Waals surface area contributed by atoms with Gasteiger partial charge in [-0.25, -0.2) is 0 Å². The zero-order valence-corrected chi connectivity index (χ0v) is 11.6. The van der Waals surface area contributed by atoms with Gasteiger partial charge in [0, 0.05) is 31.9 Å². The molecule has 0 radical (unpaired) electrons. The van der Waals surface area contributed by atoms with Crippen LogP contribution in [0.15, 0.2) is 18.2 Å². The van der Waals surface area contributed by atoms with Crippen LogP contribution < -0.4 is 10.2 Å². The Hall–Kier alpha value is -1.06. The van der Waals surface area contributed by atoms with Gasteiger partial charge in [-0.1, -0.05) is 12.1 Å². The first-order valence-electron chi connectivity index (χ1n) is 7.51. The minimum absolute atomic E-state index is 0.477. The number of nitrogens with zero attached hydrogens (tertiary/aromatic N) is 1. The van der Waals surface area contributed by atoms with Crippen LogP contribution in [0.2, 0.25) is 0 Å². The summed E-state index contributed by atoms with van der Waals surface area (Å²) in [4.78, 5) is 2.34. The van der Waals surface area contributed by atoms with Gasteiger partial charge in [0.25, 0.3) is 0 Å². The molecule has 2 fully saturated rings. The largest absolute Gasteiger partial charge is 0.374 e. The fraction of sp³-hybridized carbons (Fsp3) is 0.625. The summed E-state index contributed by atoms with van der Waals surface area (Å²) in [7, 11) is 2.18. The van der Waals surface area contributed by atoms with E-state index in [9.17, 15) is 0 Å². The van der Waals surface area contributed by atoms with Crippen molar-refractivity contribution < 1.29 is 4.74 Å². The number of benzene rings is 1. The zero-order valence-electron chi connectivity index (χ0n) is 11.6. The monoisotopic (exact) mass is 258 g/mol. The molecule has 2 bridgehead atoms. The number of anilines is 1. The Morgan fingerprint density at radius 2 is 2.32 bits per heavy atom. The molecule has 4 rings (SSSR count). The molecule has 3 aliphatic heterocycles. The van der Waals surface area contributed by atoms with E-state index in [4.69, 9.17) is 4.74 Å². The number of likely N-dealkylation sites (N-methyl/N-ethyl adjacent to an activating group) is 1. The van der Waals surface area contributed by atoms with Crippen molar-refractivity contribution >= 4 is 5.69 Å². The average Bonchev–Trinajstić information content (AvgIpc) is 3.12. The summed E-state index contributed by atoms with van der Waals surface area (Å²) in [5, 5.41) is 3.69. The second kappa shape index (κ2) is 4.50. The summed E-state index contributed by atoms with van der Waals surface area (Å²) in [6.07, 6.45) is 5.93. The fourth-order valence-corrected chi connectivity index (χ4v) is 3.83. The first-order chi connectivity index (χ1) is 9.29. The minimum atomic E-state index is 0.477. The zero-order chi connectivity index (χ0) is 12.8. The van der Waals surface area contributed by atoms with Crippen LogP contribution in [0.25, 0.3) is 0 Å². The predicted octanol–water partition coefficient (Wildman–Crippen LogP) is 2.09. The smallest absolute Gasteiger partial charge is 0.0733 e. The van der Waals surface area contributed by atoms with Crippen LogP contribution in [-0.4, -0.2) is 31.8 Å². The Kier molecular flexibility index (Phi) is 2.78. The molecule has 0 saturated carbocycles. The predicted molar refractivity (Wildman–Crippen MR) is 76.6 cm³/mol. The van der Waals surface area contributed by atoms with Crippen LogP contribution in [0.5, 0.6) is 0 Å². The van der Waals surface area contributed by atoms with Crippen molar-refractivity contribution in [2.75, 3.05) is 18.5 Å². The normalized spacial score (nSPS) is 32.1. The van der Waals surface area contributed by atoms with E-state index in [0.29, 0.717) is 18.2 Å². The first kappa shape index (κ1) is 11.7. The van der Waals surface area contributed by atoms with Gasteiger partial charge < -0.3 is 15.0 Å². The highest BCUT2D eigenvalue weighted by molar-refractivity contribution is 5.58. The number of hydrogen-bond acceptors (Lipinski definition) is 3. The number of hydrogen-bond donors (Lipinski definition) is 1. The lowest BCUT2D eigenvalue weighted by molar-refractivity contribution is 0.0973. The summed E-state index contributed by atoms with van der Waals surface area (Å²) in [5.41, 5.74) is 4.33. The van der Waals surface area contributed by atoms with Crippen molar-refractivity contribution in [1.29, 1.82) is 0 Å². The molecule has 3 unspecified atom stereocenters. The fourth-order valence-electron chi connectivity index (χ4n) is 3.83. The van der Waals surface area contributed by atoms with E-state index in [1.165, 1.54) is 42.5 Å². The summed E-state index contributed by atoms with van der Waals surface area (Å²) in [6.45, 7) is 2.14. The molecule has 0 aliphatic carbocycles. The van der Waals surface area contributed by atoms with Crippen molar-refractivity contribution in [2.24, 2.45) is 0 Å². The standard InChI is InChI=1S/C16H22N2O/c1-18-7-6-12-8-11(2-4-15(12)18)10-17-14-9-13-3-5-16(14)19-13/h2,4,8,13-14,16-17H,3,5-7,9-10H2,1H3. The summed E-state index contributed by atoms with van der Waals surface area (Å²) < 4.78 is 5.89. The van der Waals surface area contributed by atoms with Crippen molar-refractivity contribution in [1.82, 2.24) is 5.32 Å². The van der Waals surface area contributed by atoms with E-state index in [-0.39, 0.29) is 0 Å². The second-order valence-electron chi connectivity index (χ2n) is 6.23. The van der Waals surface area contributed by atoms with Gasteiger partial charge in [0.1, 0.15) is 0 Å². The molecule has 19 heavy (non-hydrogen) atoms. The Bertz CT molecular complexity index is 488. The van der Waals surface area contributed by atoms with Gasteiger partial charge in [0.05, 0.1) is 12.2 Å². The van der Waals surface area contributed by atoms with E-state index in [1.807, 2.05) is 0 Å². The highest BCUT2D eigenvalue weighted by atomic mass is 16.5. The average molecular weight is 258 g/mol. The lowest BCUT2D eigenvalue weighted by Crippen LogP contribution is -2.36. The first-order valence-corrected chi connectivity index (χ1v) is 7.51. The van der Waals surface area contributed by atoms with Crippen LogP contribution in [0, 0.1) is 0 Å². The molecule has 1 N–H and O–H groups in total. The number of fused-ring (bicyclic) bond motifs is 3. The highest BCUT2D eigenvalue weighted by Gasteiger charge is 2.40. The van der Waals surface area contributed by atoms with E-state index in [0.717, 1.165) is 13.1 Å². The molecule has 3 aliphatic rings. The van der Waals surface area contributed by atoms with Gasteiger partial charge in [0.15, 0.2) is 0 Å². The van der Waals surface area contributed by atoms with Crippen LogP contribution in [0.4, 0.5) is 5.69 Å². The lowest BCUT2D eigenvalue weighted by Gasteiger charge is -2.20. The van der Waals surface area contributed by atoms with Crippen LogP contribution in [0.1, 0.15) is 30.4 Å². The number of rotatable bonds is 3. The van der Waals surface area contributed by atoms with E-state index in [2.05, 4.69) is 35.5 Å². The Morgan fingerprint density at radius 3 is 3.11 bits per heavy atom. The van der Waals surface area contributed by atoms with Gasteiger partial charge in [-0.2, -0.15) is 0 Å².